The number of hydrogen-bond acceptors (Lipinski definition) is 7. The van der Waals surface area contributed by atoms with Crippen LogP contribution >= 0.6 is 0 Å². The van der Waals surface area contributed by atoms with Crippen molar-refractivity contribution in [3.05, 3.63) is 28.8 Å². The summed E-state index contributed by atoms with van der Waals surface area (Å²) in [7, 11) is -19.1. The first-order chi connectivity index (χ1) is 18.2. The monoisotopic (exact) mass is 615 g/mol. The highest BCUT2D eigenvalue weighted by atomic mass is 32.3. The predicted octanol–water partition coefficient (Wildman–Crippen LogP) is 6.22. The number of sulfonamides is 1. The van der Waals surface area contributed by atoms with Crippen molar-refractivity contribution >= 4 is 30.6 Å². The molecule has 0 aromatic heterocycles. The zero-order chi connectivity index (χ0) is 28.5. The average Bonchev–Trinajstić information content (AvgIpc) is 2.88. The van der Waals surface area contributed by atoms with Crippen molar-refractivity contribution in [3.63, 3.8) is 0 Å². The Hall–Kier alpha value is -1.38. The van der Waals surface area contributed by atoms with E-state index >= 15 is 0 Å². The molecule has 0 heterocycles. The summed E-state index contributed by atoms with van der Waals surface area (Å²) in [5, 5.41) is 0. The van der Waals surface area contributed by atoms with Gasteiger partial charge in [0.1, 0.15) is 5.75 Å². The standard InChI is InChI=1S/C25H36F3NO7S3/c26-25(27,37(30,31)29-39(28,34)35)38(32,33)36-24-22(19-12-6-2-7-13-19)16-21(18-10-4-1-5-11-18)17-23(24)20-14-8-3-9-15-20/h16-20,29H,1-15H2. The quantitative estimate of drug-likeness (QED) is 0.258. The van der Waals surface area contributed by atoms with Crippen molar-refractivity contribution in [1.82, 2.24) is 4.13 Å². The van der Waals surface area contributed by atoms with Gasteiger partial charge in [-0.05, 0) is 73.0 Å². The molecule has 3 saturated carbocycles. The van der Waals surface area contributed by atoms with E-state index in [1.54, 1.807) is 0 Å². The molecule has 0 amide bonds. The van der Waals surface area contributed by atoms with Gasteiger partial charge in [-0.1, -0.05) is 77.9 Å². The molecule has 3 fully saturated rings. The Morgan fingerprint density at radius 3 is 1.44 bits per heavy atom. The number of rotatable bonds is 9. The molecule has 0 unspecified atom stereocenters. The van der Waals surface area contributed by atoms with E-state index in [-0.39, 0.29) is 27.6 Å². The van der Waals surface area contributed by atoms with Gasteiger partial charge in [-0.3, -0.25) is 0 Å². The van der Waals surface area contributed by atoms with Crippen LogP contribution in [0.1, 0.15) is 131 Å². The fourth-order valence-corrected chi connectivity index (χ4v) is 9.80. The molecule has 0 radical (unpaired) electrons. The summed E-state index contributed by atoms with van der Waals surface area (Å²) in [6, 6.07) is 3.69. The van der Waals surface area contributed by atoms with Gasteiger partial charge in [-0.2, -0.15) is 25.6 Å². The summed E-state index contributed by atoms with van der Waals surface area (Å²) in [5.74, 6) is -0.366. The molecule has 0 atom stereocenters. The van der Waals surface area contributed by atoms with E-state index in [9.17, 15) is 37.9 Å². The van der Waals surface area contributed by atoms with E-state index in [0.717, 1.165) is 76.2 Å². The van der Waals surface area contributed by atoms with Crippen LogP contribution in [0, 0.1) is 0 Å². The lowest BCUT2D eigenvalue weighted by molar-refractivity contribution is 0.166. The molecule has 1 N–H and O–H groups in total. The SMILES string of the molecule is O=S(=O)(F)NS(=O)(=O)C(F)(F)S(=O)(=O)Oc1c(C2CCCCC2)cc(C2CCCCC2)cc1C1CCCCC1. The lowest BCUT2D eigenvalue weighted by Gasteiger charge is -2.32. The summed E-state index contributed by atoms with van der Waals surface area (Å²) in [4.78, 5) is 0. The van der Waals surface area contributed by atoms with Crippen molar-refractivity contribution in [2.45, 2.75) is 119 Å². The summed E-state index contributed by atoms with van der Waals surface area (Å²) >= 11 is 0. The zero-order valence-electron chi connectivity index (χ0n) is 21.7. The molecule has 1 aromatic rings. The Morgan fingerprint density at radius 1 is 0.667 bits per heavy atom. The van der Waals surface area contributed by atoms with Crippen LogP contribution < -0.4 is 8.31 Å². The molecule has 14 heteroatoms. The highest BCUT2D eigenvalue weighted by molar-refractivity contribution is 8.11. The Labute approximate surface area is 229 Å². The molecule has 0 bridgehead atoms. The van der Waals surface area contributed by atoms with Gasteiger partial charge in [-0.15, -0.1) is 0 Å². The highest BCUT2D eigenvalue weighted by Crippen LogP contribution is 2.48. The lowest BCUT2D eigenvalue weighted by atomic mass is 9.75. The number of halogens is 3. The van der Waals surface area contributed by atoms with E-state index < -0.39 is 35.1 Å². The molecule has 0 spiro atoms. The first-order valence-electron chi connectivity index (χ1n) is 13.7. The van der Waals surface area contributed by atoms with Crippen LogP contribution in [0.2, 0.25) is 0 Å². The third-order valence-electron chi connectivity index (χ3n) is 8.34. The third kappa shape index (κ3) is 6.92. The number of hydrogen-bond donors (Lipinski definition) is 1. The summed E-state index contributed by atoms with van der Waals surface area (Å²) in [6.45, 7) is 0. The third-order valence-corrected chi connectivity index (χ3v) is 12.9. The van der Waals surface area contributed by atoms with E-state index in [2.05, 4.69) is 0 Å². The van der Waals surface area contributed by atoms with Gasteiger partial charge in [0.2, 0.25) is 0 Å². The van der Waals surface area contributed by atoms with Gasteiger partial charge < -0.3 is 4.18 Å². The van der Waals surface area contributed by atoms with Gasteiger partial charge in [0.15, 0.2) is 0 Å². The van der Waals surface area contributed by atoms with E-state index in [4.69, 9.17) is 4.18 Å². The highest BCUT2D eigenvalue weighted by Gasteiger charge is 2.62. The molecular formula is C25H36F3NO7S3. The largest absolute Gasteiger partial charge is 0.496 e. The summed E-state index contributed by atoms with van der Waals surface area (Å²) in [5.41, 5.74) is 1.97. The summed E-state index contributed by atoms with van der Waals surface area (Å²) in [6.07, 6.45) is 13.4. The maximum atomic E-state index is 14.9. The van der Waals surface area contributed by atoms with Crippen molar-refractivity contribution in [3.8, 4) is 5.75 Å². The number of benzene rings is 1. The van der Waals surface area contributed by atoms with Crippen molar-refractivity contribution in [2.75, 3.05) is 0 Å². The van der Waals surface area contributed by atoms with Crippen molar-refractivity contribution in [1.29, 1.82) is 0 Å². The van der Waals surface area contributed by atoms with Crippen LogP contribution in [0.15, 0.2) is 12.1 Å². The fourth-order valence-electron chi connectivity index (χ4n) is 6.37. The van der Waals surface area contributed by atoms with E-state index in [1.165, 1.54) is 0 Å². The minimum absolute atomic E-state index is 0.104. The van der Waals surface area contributed by atoms with Gasteiger partial charge in [0.25, 0.3) is 0 Å². The van der Waals surface area contributed by atoms with E-state index in [0.29, 0.717) is 36.8 Å². The fraction of sp³-hybridized carbons (Fsp3) is 0.760. The Balaban J connectivity index is 1.85. The molecule has 0 saturated heterocycles. The van der Waals surface area contributed by atoms with Gasteiger partial charge >= 0.3 is 35.1 Å². The minimum Gasteiger partial charge on any atom is -0.377 e. The van der Waals surface area contributed by atoms with Crippen molar-refractivity contribution < 1.29 is 42.1 Å². The molecule has 3 aliphatic carbocycles. The molecule has 4 rings (SSSR count). The Bertz CT molecular complexity index is 1310. The van der Waals surface area contributed by atoms with E-state index in [1.807, 2.05) is 12.1 Å². The van der Waals surface area contributed by atoms with Crippen LogP contribution in [0.3, 0.4) is 0 Å². The maximum absolute atomic E-state index is 14.9. The summed E-state index contributed by atoms with van der Waals surface area (Å²) < 4.78 is 114. The molecule has 0 aliphatic heterocycles. The first-order valence-corrected chi connectivity index (χ1v) is 18.0. The Morgan fingerprint density at radius 2 is 1.05 bits per heavy atom. The van der Waals surface area contributed by atoms with Crippen LogP contribution in [0.5, 0.6) is 5.75 Å². The van der Waals surface area contributed by atoms with Gasteiger partial charge in [0.05, 0.1) is 0 Å². The van der Waals surface area contributed by atoms with Crippen LogP contribution in [-0.4, -0.2) is 29.8 Å². The molecule has 1 aromatic carbocycles. The predicted molar refractivity (Wildman–Crippen MR) is 140 cm³/mol. The normalized spacial score (nSPS) is 21.6. The second-order valence-electron chi connectivity index (χ2n) is 11.1. The molecule has 39 heavy (non-hydrogen) atoms. The molecule has 3 aliphatic rings. The van der Waals surface area contributed by atoms with Crippen LogP contribution in [0.4, 0.5) is 12.7 Å². The topological polar surface area (TPSA) is 124 Å². The van der Waals surface area contributed by atoms with Gasteiger partial charge in [0, 0.05) is 0 Å². The number of nitrogens with one attached hydrogen (secondary N) is 1. The maximum Gasteiger partial charge on any atom is 0.496 e. The zero-order valence-corrected chi connectivity index (χ0v) is 24.2. The minimum atomic E-state index is -6.56. The van der Waals surface area contributed by atoms with Gasteiger partial charge in [-0.25, -0.2) is 8.42 Å². The lowest BCUT2D eigenvalue weighted by Crippen LogP contribution is -2.48. The Kier molecular flexibility index (Phi) is 9.29. The van der Waals surface area contributed by atoms with Crippen LogP contribution in [0.25, 0.3) is 0 Å². The second-order valence-corrected chi connectivity index (χ2v) is 16.0. The molecule has 8 nitrogen and oxygen atoms in total. The van der Waals surface area contributed by atoms with Crippen molar-refractivity contribution in [2.24, 2.45) is 0 Å². The smallest absolute Gasteiger partial charge is 0.377 e. The second kappa shape index (κ2) is 11.8. The first kappa shape index (κ1) is 30.6. The average molecular weight is 616 g/mol. The molecule has 222 valence electrons. The number of alkyl halides is 2. The molecular weight excluding hydrogens is 579 g/mol. The van der Waals surface area contributed by atoms with Crippen LogP contribution in [-0.2, 0) is 30.6 Å².